The Balaban J connectivity index is 1.42. The van der Waals surface area contributed by atoms with Crippen molar-refractivity contribution < 1.29 is 9.53 Å². The molecule has 22 heavy (non-hydrogen) atoms. The number of ether oxygens (including phenoxy) is 1. The molecular weight excluding hydrogens is 276 g/mol. The molecule has 0 N–H and O–H groups in total. The van der Waals surface area contributed by atoms with Crippen LogP contribution in [-0.4, -0.2) is 55.5 Å². The van der Waals surface area contributed by atoms with Gasteiger partial charge in [-0.1, -0.05) is 12.1 Å². The third-order valence-electron chi connectivity index (χ3n) is 4.70. The summed E-state index contributed by atoms with van der Waals surface area (Å²) in [5.41, 5.74) is 1.17. The zero-order valence-corrected chi connectivity index (χ0v) is 13.5. The van der Waals surface area contributed by atoms with Crippen LogP contribution in [0.4, 0.5) is 0 Å². The minimum absolute atomic E-state index is 0.286. The molecule has 0 unspecified atom stereocenters. The van der Waals surface area contributed by atoms with E-state index in [1.54, 1.807) is 7.11 Å². The summed E-state index contributed by atoms with van der Waals surface area (Å²) in [4.78, 5) is 16.9. The van der Waals surface area contributed by atoms with Crippen molar-refractivity contribution in [2.45, 2.75) is 25.7 Å². The average molecular weight is 302 g/mol. The van der Waals surface area contributed by atoms with Crippen molar-refractivity contribution in [3.8, 4) is 5.75 Å². The van der Waals surface area contributed by atoms with E-state index in [0.29, 0.717) is 6.42 Å². The first kappa shape index (κ1) is 15.3. The summed E-state index contributed by atoms with van der Waals surface area (Å²) in [5.74, 6) is 2.09. The second kappa shape index (κ2) is 7.14. The lowest BCUT2D eigenvalue weighted by atomic mass is 10.1. The third-order valence-corrected chi connectivity index (χ3v) is 4.70. The largest absolute Gasteiger partial charge is 0.497 e. The summed E-state index contributed by atoms with van der Waals surface area (Å²) in [6.07, 6.45) is 4.19. The van der Waals surface area contributed by atoms with Gasteiger partial charge >= 0.3 is 0 Å². The Hall–Kier alpha value is -1.55. The van der Waals surface area contributed by atoms with Gasteiger partial charge in [0, 0.05) is 39.1 Å². The summed E-state index contributed by atoms with van der Waals surface area (Å²) in [7, 11) is 1.67. The number of nitrogens with zero attached hydrogens (tertiary/aromatic N) is 2. The van der Waals surface area contributed by atoms with Crippen LogP contribution in [0.3, 0.4) is 0 Å². The van der Waals surface area contributed by atoms with Gasteiger partial charge < -0.3 is 9.64 Å². The first-order chi connectivity index (χ1) is 10.7. The Morgan fingerprint density at radius 2 is 2.00 bits per heavy atom. The average Bonchev–Trinajstić information content (AvgIpc) is 3.37. The van der Waals surface area contributed by atoms with Crippen LogP contribution in [0.1, 0.15) is 24.8 Å². The maximum absolute atomic E-state index is 12.3. The molecule has 1 aromatic carbocycles. The lowest BCUT2D eigenvalue weighted by Crippen LogP contribution is -2.49. The molecular formula is C18H26N2O2. The van der Waals surface area contributed by atoms with E-state index >= 15 is 0 Å². The van der Waals surface area contributed by atoms with E-state index in [2.05, 4.69) is 11.0 Å². The van der Waals surface area contributed by atoms with E-state index in [-0.39, 0.29) is 5.91 Å². The molecule has 0 radical (unpaired) electrons. The number of piperazine rings is 1. The molecule has 3 rings (SSSR count). The summed E-state index contributed by atoms with van der Waals surface area (Å²) >= 11 is 0. The number of aryl methyl sites for hydroxylation is 1. The van der Waals surface area contributed by atoms with Gasteiger partial charge in [0.1, 0.15) is 5.75 Å². The van der Waals surface area contributed by atoms with Gasteiger partial charge in [-0.2, -0.15) is 0 Å². The number of benzene rings is 1. The molecule has 2 aliphatic rings. The molecule has 4 nitrogen and oxygen atoms in total. The third kappa shape index (κ3) is 4.23. The highest BCUT2D eigenvalue weighted by Crippen LogP contribution is 2.29. The maximum atomic E-state index is 12.3. The molecule has 1 heterocycles. The van der Waals surface area contributed by atoms with Crippen LogP contribution in [0.15, 0.2) is 24.3 Å². The first-order valence-corrected chi connectivity index (χ1v) is 8.37. The molecule has 0 bridgehead atoms. The second-order valence-corrected chi connectivity index (χ2v) is 6.48. The second-order valence-electron chi connectivity index (χ2n) is 6.48. The van der Waals surface area contributed by atoms with E-state index in [1.165, 1.54) is 24.9 Å². The fourth-order valence-electron chi connectivity index (χ4n) is 3.08. The van der Waals surface area contributed by atoms with Gasteiger partial charge in [0.25, 0.3) is 0 Å². The molecule has 4 heteroatoms. The lowest BCUT2D eigenvalue weighted by Gasteiger charge is -2.34. The van der Waals surface area contributed by atoms with Gasteiger partial charge in [-0.15, -0.1) is 0 Å². The van der Waals surface area contributed by atoms with Crippen LogP contribution in [0.25, 0.3) is 0 Å². The molecule has 1 saturated carbocycles. The molecule has 0 atom stereocenters. The number of amides is 1. The van der Waals surface area contributed by atoms with Crippen LogP contribution >= 0.6 is 0 Å². The van der Waals surface area contributed by atoms with Gasteiger partial charge in [0.05, 0.1) is 7.11 Å². The van der Waals surface area contributed by atoms with E-state index in [9.17, 15) is 4.79 Å². The number of hydrogen-bond donors (Lipinski definition) is 0. The Labute approximate surface area is 133 Å². The molecule has 1 saturated heterocycles. The van der Waals surface area contributed by atoms with Gasteiger partial charge in [-0.3, -0.25) is 9.69 Å². The van der Waals surface area contributed by atoms with Crippen molar-refractivity contribution in [2.24, 2.45) is 5.92 Å². The summed E-state index contributed by atoms with van der Waals surface area (Å²) in [6.45, 7) is 5.11. The Bertz CT molecular complexity index is 506. The topological polar surface area (TPSA) is 32.8 Å². The normalized spacial score (nSPS) is 19.2. The Morgan fingerprint density at radius 3 is 2.68 bits per heavy atom. The minimum atomic E-state index is 0.286. The highest BCUT2D eigenvalue weighted by molar-refractivity contribution is 5.76. The monoisotopic (exact) mass is 302 g/mol. The zero-order valence-electron chi connectivity index (χ0n) is 13.5. The van der Waals surface area contributed by atoms with Crippen LogP contribution in [-0.2, 0) is 11.2 Å². The van der Waals surface area contributed by atoms with Crippen molar-refractivity contribution in [3.63, 3.8) is 0 Å². The molecule has 1 aliphatic carbocycles. The number of hydrogen-bond acceptors (Lipinski definition) is 3. The Kier molecular flexibility index (Phi) is 4.98. The van der Waals surface area contributed by atoms with E-state index in [4.69, 9.17) is 4.74 Å². The van der Waals surface area contributed by atoms with Crippen molar-refractivity contribution >= 4 is 5.91 Å². The van der Waals surface area contributed by atoms with E-state index in [1.807, 2.05) is 23.1 Å². The predicted octanol–water partition coefficient (Wildman–Crippen LogP) is 2.18. The SMILES string of the molecule is COc1cccc(CCC(=O)N2CCN(CC3CC3)CC2)c1. The molecule has 2 fully saturated rings. The van der Waals surface area contributed by atoms with Crippen molar-refractivity contribution in [1.29, 1.82) is 0 Å². The van der Waals surface area contributed by atoms with Gasteiger partial charge in [0.2, 0.25) is 5.91 Å². The lowest BCUT2D eigenvalue weighted by molar-refractivity contribution is -0.132. The summed E-state index contributed by atoms with van der Waals surface area (Å²) in [6, 6.07) is 7.99. The highest BCUT2D eigenvalue weighted by Gasteiger charge is 2.27. The van der Waals surface area contributed by atoms with Gasteiger partial charge in [-0.25, -0.2) is 0 Å². The fraction of sp³-hybridized carbons (Fsp3) is 0.611. The first-order valence-electron chi connectivity index (χ1n) is 8.37. The molecule has 1 aliphatic heterocycles. The minimum Gasteiger partial charge on any atom is -0.497 e. The quantitative estimate of drug-likeness (QED) is 0.807. The fourth-order valence-corrected chi connectivity index (χ4v) is 3.08. The van der Waals surface area contributed by atoms with Crippen LogP contribution in [0, 0.1) is 5.92 Å². The molecule has 120 valence electrons. The summed E-state index contributed by atoms with van der Waals surface area (Å²) < 4.78 is 5.23. The molecule has 1 amide bonds. The molecule has 0 aromatic heterocycles. The smallest absolute Gasteiger partial charge is 0.222 e. The highest BCUT2D eigenvalue weighted by atomic mass is 16.5. The molecule has 0 spiro atoms. The predicted molar refractivity (Wildman–Crippen MR) is 87.1 cm³/mol. The number of carbonyl (C=O) groups excluding carboxylic acids is 1. The van der Waals surface area contributed by atoms with Crippen molar-refractivity contribution in [2.75, 3.05) is 39.8 Å². The standard InChI is InChI=1S/C18H26N2O2/c1-22-17-4-2-3-15(13-17)7-8-18(21)20-11-9-19(10-12-20)14-16-5-6-16/h2-4,13,16H,5-12,14H2,1H3. The number of carbonyl (C=O) groups is 1. The van der Waals surface area contributed by atoms with Crippen molar-refractivity contribution in [1.82, 2.24) is 9.80 Å². The molecule has 1 aromatic rings. The van der Waals surface area contributed by atoms with E-state index in [0.717, 1.165) is 44.3 Å². The van der Waals surface area contributed by atoms with E-state index < -0.39 is 0 Å². The number of rotatable bonds is 6. The van der Waals surface area contributed by atoms with Crippen LogP contribution in [0.2, 0.25) is 0 Å². The van der Waals surface area contributed by atoms with Crippen LogP contribution in [0.5, 0.6) is 5.75 Å². The van der Waals surface area contributed by atoms with Gasteiger partial charge in [0.15, 0.2) is 0 Å². The maximum Gasteiger partial charge on any atom is 0.222 e. The Morgan fingerprint density at radius 1 is 1.23 bits per heavy atom. The van der Waals surface area contributed by atoms with Gasteiger partial charge in [-0.05, 0) is 42.9 Å². The summed E-state index contributed by atoms with van der Waals surface area (Å²) in [5, 5.41) is 0. The zero-order chi connectivity index (χ0) is 15.4. The van der Waals surface area contributed by atoms with Crippen molar-refractivity contribution in [3.05, 3.63) is 29.8 Å². The van der Waals surface area contributed by atoms with Crippen LogP contribution < -0.4 is 4.74 Å². The number of methoxy groups -OCH3 is 1.